The molecule has 4 rings (SSSR count). The van der Waals surface area contributed by atoms with Crippen LogP contribution >= 0.6 is 0 Å². The number of esters is 1. The second-order valence-corrected chi connectivity index (χ2v) is 8.22. The first-order chi connectivity index (χ1) is 15.6. The molecule has 0 bridgehead atoms. The van der Waals surface area contributed by atoms with Gasteiger partial charge in [0.2, 0.25) is 5.89 Å². The third kappa shape index (κ3) is 5.37. The summed E-state index contributed by atoms with van der Waals surface area (Å²) in [7, 11) is 1.46. The second kappa shape index (κ2) is 10.5. The van der Waals surface area contributed by atoms with E-state index in [-0.39, 0.29) is 11.9 Å². The summed E-state index contributed by atoms with van der Waals surface area (Å²) in [6.45, 7) is 4.03. The molecule has 1 saturated heterocycles. The summed E-state index contributed by atoms with van der Waals surface area (Å²) in [4.78, 5) is 16.6. The molecule has 6 nitrogen and oxygen atoms in total. The number of benzene rings is 2. The fourth-order valence-corrected chi connectivity index (χ4v) is 4.24. The molecule has 2 aromatic carbocycles. The Balaban J connectivity index is 1.29. The average Bonchev–Trinajstić information content (AvgIpc) is 3.45. The lowest BCUT2D eigenvalue weighted by Gasteiger charge is -2.16. The van der Waals surface area contributed by atoms with Crippen LogP contribution < -0.4 is 10.1 Å². The van der Waals surface area contributed by atoms with Gasteiger partial charge >= 0.3 is 5.97 Å². The second-order valence-electron chi connectivity index (χ2n) is 8.22. The fraction of sp³-hybridized carbons (Fsp3) is 0.385. The summed E-state index contributed by atoms with van der Waals surface area (Å²) in [5.41, 5.74) is 3.10. The van der Waals surface area contributed by atoms with Gasteiger partial charge in [0.05, 0.1) is 25.3 Å². The molecule has 0 radical (unpaired) electrons. The fourth-order valence-electron chi connectivity index (χ4n) is 4.24. The molecular weight excluding hydrogens is 404 g/mol. The van der Waals surface area contributed by atoms with E-state index in [1.165, 1.54) is 12.7 Å². The predicted molar refractivity (Wildman–Crippen MR) is 123 cm³/mol. The molecule has 6 heteroatoms. The molecule has 1 aliphatic rings. The van der Waals surface area contributed by atoms with Gasteiger partial charge in [0, 0.05) is 18.5 Å². The van der Waals surface area contributed by atoms with Crippen molar-refractivity contribution in [2.24, 2.45) is 11.8 Å². The maximum absolute atomic E-state index is 11.9. The molecule has 2 heterocycles. The number of hydrogen-bond donors (Lipinski definition) is 1. The number of carbonyl (C=O) groups excluding carboxylic acids is 1. The molecule has 3 aromatic rings. The van der Waals surface area contributed by atoms with E-state index >= 15 is 0 Å². The number of aryl methyl sites for hydroxylation is 2. The summed E-state index contributed by atoms with van der Waals surface area (Å²) in [5.74, 6) is 2.46. The van der Waals surface area contributed by atoms with Crippen molar-refractivity contribution >= 4 is 5.97 Å². The Morgan fingerprint density at radius 1 is 1.12 bits per heavy atom. The summed E-state index contributed by atoms with van der Waals surface area (Å²) in [6.07, 6.45) is 2.53. The van der Waals surface area contributed by atoms with Crippen molar-refractivity contribution in [1.82, 2.24) is 10.3 Å². The van der Waals surface area contributed by atoms with Crippen LogP contribution in [0.4, 0.5) is 0 Å². The number of ether oxygens (including phenoxy) is 2. The van der Waals surface area contributed by atoms with E-state index in [1.807, 2.05) is 49.4 Å². The quantitative estimate of drug-likeness (QED) is 0.509. The van der Waals surface area contributed by atoms with E-state index in [2.05, 4.69) is 22.4 Å². The number of nitrogens with one attached hydrogen (secondary N) is 1. The standard InChI is InChI=1S/C26H30N2O4/c1-18-24(28-25(32-18)20-8-4-3-5-9-20)13-14-31-22-10-6-7-19(15-22)11-12-21-16-27-17-23(21)26(29)30-2/h3-10,15,21,23,27H,11-14,16-17H2,1-2H3/t21-,23+/m1/s1. The molecule has 1 fully saturated rings. The van der Waals surface area contributed by atoms with Crippen molar-refractivity contribution < 1.29 is 18.7 Å². The van der Waals surface area contributed by atoms with Crippen LogP contribution in [0.5, 0.6) is 5.75 Å². The van der Waals surface area contributed by atoms with Crippen molar-refractivity contribution in [3.8, 4) is 17.2 Å². The van der Waals surface area contributed by atoms with Crippen molar-refractivity contribution in [2.75, 3.05) is 26.8 Å². The zero-order chi connectivity index (χ0) is 22.3. The third-order valence-electron chi connectivity index (χ3n) is 6.07. The summed E-state index contributed by atoms with van der Waals surface area (Å²) in [6, 6.07) is 18.1. The first kappa shape index (κ1) is 22.1. The van der Waals surface area contributed by atoms with E-state index in [0.29, 0.717) is 31.4 Å². The van der Waals surface area contributed by atoms with E-state index < -0.39 is 0 Å². The lowest BCUT2D eigenvalue weighted by molar-refractivity contribution is -0.146. The number of methoxy groups -OCH3 is 1. The van der Waals surface area contributed by atoms with Gasteiger partial charge in [-0.05, 0) is 62.1 Å². The number of nitrogens with zero attached hydrogens (tertiary/aromatic N) is 1. The topological polar surface area (TPSA) is 73.6 Å². The van der Waals surface area contributed by atoms with Crippen LogP contribution in [-0.4, -0.2) is 37.8 Å². The highest BCUT2D eigenvalue weighted by Gasteiger charge is 2.33. The normalized spacial score (nSPS) is 17.9. The molecule has 0 saturated carbocycles. The lowest BCUT2D eigenvalue weighted by atomic mass is 9.90. The Labute approximate surface area is 189 Å². The highest BCUT2D eigenvalue weighted by atomic mass is 16.5. The van der Waals surface area contributed by atoms with Crippen LogP contribution in [0.25, 0.3) is 11.5 Å². The van der Waals surface area contributed by atoms with Crippen molar-refractivity contribution in [3.63, 3.8) is 0 Å². The largest absolute Gasteiger partial charge is 0.493 e. The average molecular weight is 435 g/mol. The molecule has 1 N–H and O–H groups in total. The number of carbonyl (C=O) groups is 1. The van der Waals surface area contributed by atoms with E-state index in [0.717, 1.165) is 42.2 Å². The highest BCUT2D eigenvalue weighted by Crippen LogP contribution is 2.25. The van der Waals surface area contributed by atoms with Gasteiger partial charge in [-0.25, -0.2) is 4.98 Å². The van der Waals surface area contributed by atoms with Crippen LogP contribution in [0.3, 0.4) is 0 Å². The minimum Gasteiger partial charge on any atom is -0.493 e. The molecule has 0 amide bonds. The SMILES string of the molecule is COC(=O)[C@H]1CNC[C@H]1CCc1cccc(OCCc2nc(-c3ccccc3)oc2C)c1. The summed E-state index contributed by atoms with van der Waals surface area (Å²) in [5, 5.41) is 3.31. The van der Waals surface area contributed by atoms with Gasteiger partial charge in [0.25, 0.3) is 0 Å². The monoisotopic (exact) mass is 434 g/mol. The number of aromatic nitrogens is 1. The van der Waals surface area contributed by atoms with Crippen LogP contribution in [0.2, 0.25) is 0 Å². The van der Waals surface area contributed by atoms with Crippen LogP contribution in [0.1, 0.15) is 23.4 Å². The summed E-state index contributed by atoms with van der Waals surface area (Å²) >= 11 is 0. The first-order valence-corrected chi connectivity index (χ1v) is 11.2. The van der Waals surface area contributed by atoms with E-state index in [9.17, 15) is 4.79 Å². The minimum atomic E-state index is -0.115. The molecule has 1 aliphatic heterocycles. The number of rotatable bonds is 9. The molecule has 2 atom stereocenters. The number of oxazole rings is 1. The van der Waals surface area contributed by atoms with Crippen molar-refractivity contribution in [2.45, 2.75) is 26.2 Å². The Hall–Kier alpha value is -3.12. The predicted octanol–water partition coefficient (Wildman–Crippen LogP) is 4.21. The minimum absolute atomic E-state index is 0.0501. The highest BCUT2D eigenvalue weighted by molar-refractivity contribution is 5.73. The Morgan fingerprint density at radius 3 is 2.78 bits per heavy atom. The Morgan fingerprint density at radius 2 is 1.97 bits per heavy atom. The maximum atomic E-state index is 11.9. The molecule has 1 aromatic heterocycles. The van der Waals surface area contributed by atoms with E-state index in [1.54, 1.807) is 0 Å². The Kier molecular flexibility index (Phi) is 7.22. The van der Waals surface area contributed by atoms with Crippen LogP contribution in [-0.2, 0) is 22.4 Å². The van der Waals surface area contributed by atoms with Crippen LogP contribution in [0.15, 0.2) is 59.0 Å². The molecule has 0 unspecified atom stereocenters. The molecule has 0 aliphatic carbocycles. The molecule has 168 valence electrons. The number of hydrogen-bond acceptors (Lipinski definition) is 6. The molecular formula is C26H30N2O4. The van der Waals surface area contributed by atoms with Gasteiger partial charge in [-0.2, -0.15) is 0 Å². The van der Waals surface area contributed by atoms with E-state index in [4.69, 9.17) is 13.9 Å². The Bertz CT molecular complexity index is 1030. The zero-order valence-electron chi connectivity index (χ0n) is 18.7. The van der Waals surface area contributed by atoms with Crippen molar-refractivity contribution in [3.05, 3.63) is 71.6 Å². The lowest BCUT2D eigenvalue weighted by Crippen LogP contribution is -2.24. The maximum Gasteiger partial charge on any atom is 0.310 e. The van der Waals surface area contributed by atoms with Crippen molar-refractivity contribution in [1.29, 1.82) is 0 Å². The van der Waals surface area contributed by atoms with Gasteiger partial charge in [-0.3, -0.25) is 4.79 Å². The van der Waals surface area contributed by atoms with Crippen LogP contribution in [0, 0.1) is 18.8 Å². The van der Waals surface area contributed by atoms with Gasteiger partial charge < -0.3 is 19.2 Å². The summed E-state index contributed by atoms with van der Waals surface area (Å²) < 4.78 is 16.8. The van der Waals surface area contributed by atoms with Gasteiger partial charge in [-0.15, -0.1) is 0 Å². The van der Waals surface area contributed by atoms with Gasteiger partial charge in [0.1, 0.15) is 11.5 Å². The first-order valence-electron chi connectivity index (χ1n) is 11.2. The smallest absolute Gasteiger partial charge is 0.310 e. The third-order valence-corrected chi connectivity index (χ3v) is 6.07. The van der Waals surface area contributed by atoms with Gasteiger partial charge in [0.15, 0.2) is 0 Å². The zero-order valence-corrected chi connectivity index (χ0v) is 18.7. The molecule has 32 heavy (non-hydrogen) atoms. The molecule has 0 spiro atoms. The van der Waals surface area contributed by atoms with Gasteiger partial charge in [-0.1, -0.05) is 30.3 Å².